The van der Waals surface area contributed by atoms with Crippen molar-refractivity contribution in [3.63, 3.8) is 0 Å². The van der Waals surface area contributed by atoms with Crippen molar-refractivity contribution in [3.05, 3.63) is 21.1 Å². The van der Waals surface area contributed by atoms with Gasteiger partial charge in [-0.25, -0.2) is 4.98 Å². The molecule has 104 valence electrons. The maximum absolute atomic E-state index is 11.2. The lowest BCUT2D eigenvalue weighted by Gasteiger charge is -2.34. The Labute approximate surface area is 114 Å². The normalized spacial score (nSPS) is 19.5. The minimum atomic E-state index is -0.537. The molecule has 0 spiro atoms. The smallest absolute Gasteiger partial charge is 0.332 e. The van der Waals surface area contributed by atoms with Gasteiger partial charge < -0.3 is 14.7 Å². The first-order valence-electron chi connectivity index (χ1n) is 5.68. The number of hydrogen-bond donors (Lipinski definition) is 1. The van der Waals surface area contributed by atoms with E-state index in [1.807, 2.05) is 0 Å². The summed E-state index contributed by atoms with van der Waals surface area (Å²) in [7, 11) is 0. The molecule has 0 radical (unpaired) electrons. The second kappa shape index (κ2) is 5.64. The van der Waals surface area contributed by atoms with Gasteiger partial charge in [0.1, 0.15) is 5.69 Å². The van der Waals surface area contributed by atoms with E-state index >= 15 is 0 Å². The van der Waals surface area contributed by atoms with Crippen LogP contribution in [0.2, 0.25) is 5.28 Å². The van der Waals surface area contributed by atoms with Crippen LogP contribution >= 0.6 is 11.6 Å². The molecule has 1 unspecified atom stereocenters. The van der Waals surface area contributed by atoms with E-state index in [9.17, 15) is 15.2 Å². The summed E-state index contributed by atoms with van der Waals surface area (Å²) in [6, 6.07) is -0.377. The number of nitro groups is 1. The number of aliphatic hydroxyl groups is 1. The van der Waals surface area contributed by atoms with Gasteiger partial charge in [0.2, 0.25) is 11.1 Å². The number of anilines is 1. The summed E-state index contributed by atoms with van der Waals surface area (Å²) in [6.45, 7) is 2.42. The number of aryl methyl sites for hydroxylation is 1. The number of hydrogen-bond acceptors (Lipinski definition) is 7. The first-order valence-corrected chi connectivity index (χ1v) is 6.06. The van der Waals surface area contributed by atoms with E-state index in [1.165, 1.54) is 6.92 Å². The van der Waals surface area contributed by atoms with Crippen LogP contribution in [0.15, 0.2) is 0 Å². The van der Waals surface area contributed by atoms with Gasteiger partial charge in [0.25, 0.3) is 0 Å². The molecule has 1 aliphatic heterocycles. The molecule has 2 rings (SSSR count). The fourth-order valence-corrected chi connectivity index (χ4v) is 2.22. The Bertz CT molecular complexity index is 499. The molecule has 0 aliphatic carbocycles. The van der Waals surface area contributed by atoms with Crippen molar-refractivity contribution in [2.24, 2.45) is 0 Å². The van der Waals surface area contributed by atoms with Gasteiger partial charge in [-0.15, -0.1) is 0 Å². The molecule has 1 aromatic heterocycles. The highest BCUT2D eigenvalue weighted by atomic mass is 35.5. The lowest BCUT2D eigenvalue weighted by atomic mass is 10.2. The maximum atomic E-state index is 11.2. The molecular weight excluding hydrogens is 276 g/mol. The lowest BCUT2D eigenvalue weighted by molar-refractivity contribution is -0.385. The van der Waals surface area contributed by atoms with Gasteiger partial charge in [-0.2, -0.15) is 4.98 Å². The van der Waals surface area contributed by atoms with Crippen LogP contribution in [-0.4, -0.2) is 52.4 Å². The fraction of sp³-hybridized carbons (Fsp3) is 0.600. The molecule has 9 heteroatoms. The number of halogens is 1. The third-order valence-electron chi connectivity index (χ3n) is 2.91. The Morgan fingerprint density at radius 2 is 2.37 bits per heavy atom. The van der Waals surface area contributed by atoms with Gasteiger partial charge in [-0.1, -0.05) is 0 Å². The van der Waals surface area contributed by atoms with E-state index in [2.05, 4.69) is 9.97 Å². The Hall–Kier alpha value is -1.51. The van der Waals surface area contributed by atoms with E-state index in [4.69, 9.17) is 16.3 Å². The zero-order valence-corrected chi connectivity index (χ0v) is 11.0. The Kier molecular flexibility index (Phi) is 4.13. The zero-order valence-electron chi connectivity index (χ0n) is 10.2. The van der Waals surface area contributed by atoms with Crippen molar-refractivity contribution in [2.75, 3.05) is 31.3 Å². The molecule has 1 aliphatic rings. The molecule has 1 fully saturated rings. The van der Waals surface area contributed by atoms with Crippen LogP contribution in [0.4, 0.5) is 11.5 Å². The first-order chi connectivity index (χ1) is 9.04. The van der Waals surface area contributed by atoms with Gasteiger partial charge in [-0.3, -0.25) is 10.1 Å². The van der Waals surface area contributed by atoms with Crippen LogP contribution in [0.3, 0.4) is 0 Å². The van der Waals surface area contributed by atoms with Gasteiger partial charge >= 0.3 is 5.69 Å². The summed E-state index contributed by atoms with van der Waals surface area (Å²) in [5.74, 6) is 0.129. The Morgan fingerprint density at radius 1 is 1.63 bits per heavy atom. The summed E-state index contributed by atoms with van der Waals surface area (Å²) in [4.78, 5) is 20.0. The molecule has 1 N–H and O–H groups in total. The first kappa shape index (κ1) is 13.9. The summed E-state index contributed by atoms with van der Waals surface area (Å²) < 4.78 is 5.24. The predicted octanol–water partition coefficient (Wildman–Crippen LogP) is 0.544. The Balaban J connectivity index is 2.50. The second-order valence-electron chi connectivity index (χ2n) is 4.11. The maximum Gasteiger partial charge on any atom is 0.332 e. The minimum Gasteiger partial charge on any atom is -0.394 e. The van der Waals surface area contributed by atoms with Crippen LogP contribution in [0.5, 0.6) is 0 Å². The predicted molar refractivity (Wildman–Crippen MR) is 67.5 cm³/mol. The van der Waals surface area contributed by atoms with Crippen molar-refractivity contribution < 1.29 is 14.8 Å². The largest absolute Gasteiger partial charge is 0.394 e. The number of nitrogens with zero attached hydrogens (tertiary/aromatic N) is 4. The van der Waals surface area contributed by atoms with Crippen LogP contribution in [0.1, 0.15) is 5.69 Å². The van der Waals surface area contributed by atoms with Gasteiger partial charge in [0, 0.05) is 6.54 Å². The average molecular weight is 289 g/mol. The molecule has 0 amide bonds. The summed E-state index contributed by atoms with van der Waals surface area (Å²) in [5, 5.41) is 20.4. The SMILES string of the molecule is Cc1nc(Cl)nc(N2CCOCC2CO)c1[N+](=O)[O-]. The number of aliphatic hydroxyl groups excluding tert-OH is 1. The Morgan fingerprint density at radius 3 is 3.00 bits per heavy atom. The second-order valence-corrected chi connectivity index (χ2v) is 4.45. The molecule has 1 atom stereocenters. The summed E-state index contributed by atoms with van der Waals surface area (Å²) >= 11 is 5.77. The number of ether oxygens (including phenoxy) is 1. The highest BCUT2D eigenvalue weighted by Crippen LogP contribution is 2.31. The number of morpholine rings is 1. The van der Waals surface area contributed by atoms with E-state index < -0.39 is 4.92 Å². The van der Waals surface area contributed by atoms with E-state index in [-0.39, 0.29) is 41.7 Å². The molecule has 19 heavy (non-hydrogen) atoms. The monoisotopic (exact) mass is 288 g/mol. The van der Waals surface area contributed by atoms with Gasteiger partial charge in [0.15, 0.2) is 0 Å². The van der Waals surface area contributed by atoms with E-state index in [1.54, 1.807) is 4.90 Å². The highest BCUT2D eigenvalue weighted by molar-refractivity contribution is 6.28. The van der Waals surface area contributed by atoms with Crippen LogP contribution < -0.4 is 4.90 Å². The molecule has 2 heterocycles. The van der Waals surface area contributed by atoms with Crippen molar-refractivity contribution in [3.8, 4) is 0 Å². The summed E-state index contributed by atoms with van der Waals surface area (Å²) in [6.07, 6.45) is 0. The van der Waals surface area contributed by atoms with E-state index in [0.717, 1.165) is 0 Å². The third-order valence-corrected chi connectivity index (χ3v) is 3.07. The molecule has 8 nitrogen and oxygen atoms in total. The minimum absolute atomic E-state index is 0.0544. The third kappa shape index (κ3) is 2.75. The number of rotatable bonds is 3. The molecule has 1 aromatic rings. The van der Waals surface area contributed by atoms with Crippen LogP contribution in [0.25, 0.3) is 0 Å². The molecule has 0 saturated carbocycles. The highest BCUT2D eigenvalue weighted by Gasteiger charge is 2.32. The molecular formula is C10H13ClN4O4. The van der Waals surface area contributed by atoms with Gasteiger partial charge in [0.05, 0.1) is 30.8 Å². The fourth-order valence-electron chi connectivity index (χ4n) is 2.02. The van der Waals surface area contributed by atoms with Gasteiger partial charge in [-0.05, 0) is 18.5 Å². The van der Waals surface area contributed by atoms with Crippen molar-refractivity contribution in [2.45, 2.75) is 13.0 Å². The number of aromatic nitrogens is 2. The van der Waals surface area contributed by atoms with Crippen molar-refractivity contribution >= 4 is 23.1 Å². The average Bonchev–Trinajstić information content (AvgIpc) is 2.37. The molecule has 0 aromatic carbocycles. The van der Waals surface area contributed by atoms with Crippen LogP contribution in [-0.2, 0) is 4.74 Å². The topological polar surface area (TPSA) is 102 Å². The molecule has 0 bridgehead atoms. The lowest BCUT2D eigenvalue weighted by Crippen LogP contribution is -2.48. The zero-order chi connectivity index (χ0) is 14.0. The van der Waals surface area contributed by atoms with E-state index in [0.29, 0.717) is 13.2 Å². The standard InChI is InChI=1S/C10H13ClN4O4/c1-6-8(15(17)18)9(13-10(11)12-6)14-2-3-19-5-7(14)4-16/h7,16H,2-5H2,1H3. The van der Waals surface area contributed by atoms with Crippen LogP contribution in [0, 0.1) is 17.0 Å². The summed E-state index contributed by atoms with van der Waals surface area (Å²) in [5.41, 5.74) is 0.00734. The van der Waals surface area contributed by atoms with Crippen molar-refractivity contribution in [1.29, 1.82) is 0 Å². The quantitative estimate of drug-likeness (QED) is 0.492. The van der Waals surface area contributed by atoms with Crippen molar-refractivity contribution in [1.82, 2.24) is 9.97 Å². The molecule has 1 saturated heterocycles.